The SMILES string of the molecule is CCCCn1c(S[C@H](C)C(=O)Nc2ccc(C)cc2)nc2ccccc2c1=O. The number of carbonyl (C=O) groups excluding carboxylic acids is 1. The van der Waals surface area contributed by atoms with Gasteiger partial charge in [-0.15, -0.1) is 0 Å². The Morgan fingerprint density at radius 1 is 1.18 bits per heavy atom. The lowest BCUT2D eigenvalue weighted by Gasteiger charge is -2.16. The van der Waals surface area contributed by atoms with Gasteiger partial charge in [-0.2, -0.15) is 0 Å². The van der Waals surface area contributed by atoms with Crippen LogP contribution in [0.4, 0.5) is 5.69 Å². The summed E-state index contributed by atoms with van der Waals surface area (Å²) in [6.45, 7) is 6.52. The molecule has 1 N–H and O–H groups in total. The van der Waals surface area contributed by atoms with E-state index in [0.29, 0.717) is 22.6 Å². The largest absolute Gasteiger partial charge is 0.325 e. The fraction of sp³-hybridized carbons (Fsp3) is 0.318. The van der Waals surface area contributed by atoms with Gasteiger partial charge in [0.15, 0.2) is 5.16 Å². The normalized spacial score (nSPS) is 12.1. The second-order valence-corrected chi connectivity index (χ2v) is 8.15. The van der Waals surface area contributed by atoms with Crippen molar-refractivity contribution in [3.8, 4) is 0 Å². The molecule has 0 radical (unpaired) electrons. The first-order chi connectivity index (χ1) is 13.5. The summed E-state index contributed by atoms with van der Waals surface area (Å²) >= 11 is 1.32. The van der Waals surface area contributed by atoms with Gasteiger partial charge in [0.25, 0.3) is 5.56 Å². The number of aryl methyl sites for hydroxylation is 1. The highest BCUT2D eigenvalue weighted by molar-refractivity contribution is 8.00. The van der Waals surface area contributed by atoms with E-state index in [1.54, 1.807) is 10.6 Å². The Morgan fingerprint density at radius 2 is 1.89 bits per heavy atom. The summed E-state index contributed by atoms with van der Waals surface area (Å²) in [4.78, 5) is 30.2. The predicted octanol–water partition coefficient (Wildman–Crippen LogP) is 4.62. The number of fused-ring (bicyclic) bond motifs is 1. The maximum atomic E-state index is 12.9. The number of para-hydroxylation sites is 1. The number of nitrogens with one attached hydrogen (secondary N) is 1. The van der Waals surface area contributed by atoms with E-state index < -0.39 is 0 Å². The van der Waals surface area contributed by atoms with Gasteiger partial charge in [-0.3, -0.25) is 14.2 Å². The molecule has 1 heterocycles. The minimum Gasteiger partial charge on any atom is -0.325 e. The van der Waals surface area contributed by atoms with Crippen LogP contribution in [0.2, 0.25) is 0 Å². The Hall–Kier alpha value is -2.60. The summed E-state index contributed by atoms with van der Waals surface area (Å²) in [6.07, 6.45) is 1.87. The first-order valence-electron chi connectivity index (χ1n) is 9.53. The predicted molar refractivity (Wildman–Crippen MR) is 116 cm³/mol. The molecule has 1 atom stereocenters. The van der Waals surface area contributed by atoms with Crippen molar-refractivity contribution in [2.75, 3.05) is 5.32 Å². The van der Waals surface area contributed by atoms with Crippen LogP contribution < -0.4 is 10.9 Å². The number of carbonyl (C=O) groups is 1. The van der Waals surface area contributed by atoms with Gasteiger partial charge >= 0.3 is 0 Å². The minimum absolute atomic E-state index is 0.0484. The molecular weight excluding hydrogens is 370 g/mol. The maximum absolute atomic E-state index is 12.9. The number of hydrogen-bond donors (Lipinski definition) is 1. The van der Waals surface area contributed by atoms with Crippen LogP contribution >= 0.6 is 11.8 Å². The molecule has 0 unspecified atom stereocenters. The Bertz CT molecular complexity index is 1030. The standard InChI is InChI=1S/C22H25N3O2S/c1-4-5-14-25-21(27)18-8-6-7-9-19(18)24-22(25)28-16(3)20(26)23-17-12-10-15(2)11-13-17/h6-13,16H,4-5,14H2,1-3H3,(H,23,26)/t16-/m1/s1. The van der Waals surface area contributed by atoms with Crippen molar-refractivity contribution in [1.82, 2.24) is 9.55 Å². The van der Waals surface area contributed by atoms with Crippen LogP contribution in [0.25, 0.3) is 10.9 Å². The maximum Gasteiger partial charge on any atom is 0.262 e. The average Bonchev–Trinajstić information content (AvgIpc) is 2.69. The molecule has 3 rings (SSSR count). The second-order valence-electron chi connectivity index (χ2n) is 6.84. The Kier molecular flexibility index (Phi) is 6.52. The topological polar surface area (TPSA) is 64.0 Å². The fourth-order valence-electron chi connectivity index (χ4n) is 2.84. The van der Waals surface area contributed by atoms with E-state index in [1.807, 2.05) is 56.3 Å². The van der Waals surface area contributed by atoms with Crippen molar-refractivity contribution in [3.05, 3.63) is 64.4 Å². The van der Waals surface area contributed by atoms with Gasteiger partial charge in [-0.25, -0.2) is 4.98 Å². The van der Waals surface area contributed by atoms with Gasteiger partial charge in [0.2, 0.25) is 5.91 Å². The van der Waals surface area contributed by atoms with Crippen LogP contribution in [0.3, 0.4) is 0 Å². The molecule has 0 spiro atoms. The van der Waals surface area contributed by atoms with Crippen LogP contribution in [-0.2, 0) is 11.3 Å². The molecule has 0 fully saturated rings. The highest BCUT2D eigenvalue weighted by Gasteiger charge is 2.19. The summed E-state index contributed by atoms with van der Waals surface area (Å²) in [6, 6.07) is 15.0. The average molecular weight is 396 g/mol. The van der Waals surface area contributed by atoms with Crippen molar-refractivity contribution in [3.63, 3.8) is 0 Å². The van der Waals surface area contributed by atoms with Crippen molar-refractivity contribution in [1.29, 1.82) is 0 Å². The highest BCUT2D eigenvalue weighted by atomic mass is 32.2. The highest BCUT2D eigenvalue weighted by Crippen LogP contribution is 2.24. The third kappa shape index (κ3) is 4.62. The molecule has 0 saturated carbocycles. The van der Waals surface area contributed by atoms with Crippen molar-refractivity contribution in [2.45, 2.75) is 50.6 Å². The molecule has 2 aromatic carbocycles. The van der Waals surface area contributed by atoms with Crippen molar-refractivity contribution >= 4 is 34.3 Å². The monoisotopic (exact) mass is 395 g/mol. The van der Waals surface area contributed by atoms with Crippen molar-refractivity contribution in [2.24, 2.45) is 0 Å². The zero-order valence-electron chi connectivity index (χ0n) is 16.4. The molecule has 6 heteroatoms. The van der Waals surface area contributed by atoms with Crippen LogP contribution in [0.5, 0.6) is 0 Å². The number of thioether (sulfide) groups is 1. The van der Waals surface area contributed by atoms with Gasteiger partial charge in [0.1, 0.15) is 0 Å². The molecular formula is C22H25N3O2S. The molecule has 28 heavy (non-hydrogen) atoms. The smallest absolute Gasteiger partial charge is 0.262 e. The first-order valence-corrected chi connectivity index (χ1v) is 10.4. The van der Waals surface area contributed by atoms with E-state index in [4.69, 9.17) is 0 Å². The van der Waals surface area contributed by atoms with Gasteiger partial charge in [-0.1, -0.05) is 54.9 Å². The van der Waals surface area contributed by atoms with Crippen LogP contribution in [0, 0.1) is 6.92 Å². The van der Waals surface area contributed by atoms with E-state index >= 15 is 0 Å². The number of rotatable bonds is 7. The second kappa shape index (κ2) is 9.06. The summed E-state index contributed by atoms with van der Waals surface area (Å²) in [5, 5.41) is 3.74. The van der Waals surface area contributed by atoms with E-state index in [2.05, 4.69) is 17.2 Å². The third-order valence-electron chi connectivity index (χ3n) is 4.53. The van der Waals surface area contributed by atoms with E-state index in [1.165, 1.54) is 11.8 Å². The van der Waals surface area contributed by atoms with E-state index in [0.717, 1.165) is 24.1 Å². The molecule has 0 aliphatic heterocycles. The number of amides is 1. The zero-order chi connectivity index (χ0) is 20.1. The van der Waals surface area contributed by atoms with Gasteiger partial charge in [-0.05, 0) is 44.5 Å². The lowest BCUT2D eigenvalue weighted by molar-refractivity contribution is -0.115. The van der Waals surface area contributed by atoms with Gasteiger partial charge in [0.05, 0.1) is 16.2 Å². The molecule has 3 aromatic rings. The molecule has 0 bridgehead atoms. The number of nitrogens with zero attached hydrogens (tertiary/aromatic N) is 2. The number of hydrogen-bond acceptors (Lipinski definition) is 4. The Balaban J connectivity index is 1.86. The van der Waals surface area contributed by atoms with Gasteiger partial charge in [0, 0.05) is 12.2 Å². The van der Waals surface area contributed by atoms with Crippen LogP contribution in [-0.4, -0.2) is 20.7 Å². The van der Waals surface area contributed by atoms with E-state index in [-0.39, 0.29) is 16.7 Å². The Labute approximate surface area is 169 Å². The van der Waals surface area contributed by atoms with Gasteiger partial charge < -0.3 is 5.32 Å². The fourth-order valence-corrected chi connectivity index (χ4v) is 3.78. The summed E-state index contributed by atoms with van der Waals surface area (Å²) < 4.78 is 1.70. The number of benzene rings is 2. The van der Waals surface area contributed by atoms with Crippen LogP contribution in [0.1, 0.15) is 32.3 Å². The number of anilines is 1. The molecule has 5 nitrogen and oxygen atoms in total. The lowest BCUT2D eigenvalue weighted by atomic mass is 10.2. The molecule has 146 valence electrons. The summed E-state index contributed by atoms with van der Waals surface area (Å²) in [7, 11) is 0. The number of aromatic nitrogens is 2. The number of unbranched alkanes of at least 4 members (excludes halogenated alkanes) is 1. The quantitative estimate of drug-likeness (QED) is 0.468. The zero-order valence-corrected chi connectivity index (χ0v) is 17.3. The molecule has 0 saturated heterocycles. The first kappa shape index (κ1) is 20.1. The Morgan fingerprint density at radius 3 is 2.61 bits per heavy atom. The molecule has 0 aliphatic rings. The van der Waals surface area contributed by atoms with Crippen molar-refractivity contribution < 1.29 is 4.79 Å². The molecule has 1 amide bonds. The summed E-state index contributed by atoms with van der Waals surface area (Å²) in [5.41, 5.74) is 2.51. The van der Waals surface area contributed by atoms with E-state index in [9.17, 15) is 9.59 Å². The third-order valence-corrected chi connectivity index (χ3v) is 5.62. The minimum atomic E-state index is -0.387. The lowest BCUT2D eigenvalue weighted by Crippen LogP contribution is -2.27. The molecule has 1 aromatic heterocycles. The van der Waals surface area contributed by atoms with Crippen LogP contribution in [0.15, 0.2) is 58.5 Å². The summed E-state index contributed by atoms with van der Waals surface area (Å²) in [5.74, 6) is -0.113. The molecule has 0 aliphatic carbocycles.